The van der Waals surface area contributed by atoms with Gasteiger partial charge in [0.05, 0.1) is 0 Å². The fraction of sp³-hybridized carbons (Fsp3) is 0.0833. The molecular formula is C12H12N4S. The van der Waals surface area contributed by atoms with E-state index in [1.54, 1.807) is 12.4 Å². The summed E-state index contributed by atoms with van der Waals surface area (Å²) in [7, 11) is 0. The van der Waals surface area contributed by atoms with Crippen molar-refractivity contribution in [1.29, 1.82) is 5.41 Å². The van der Waals surface area contributed by atoms with Gasteiger partial charge >= 0.3 is 0 Å². The fourth-order valence-corrected chi connectivity index (χ4v) is 2.29. The minimum atomic E-state index is 0.0362. The van der Waals surface area contributed by atoms with Crippen LogP contribution in [0.5, 0.6) is 0 Å². The zero-order valence-corrected chi connectivity index (χ0v) is 10.2. The van der Waals surface area contributed by atoms with Crippen LogP contribution in [0.4, 0.5) is 0 Å². The van der Waals surface area contributed by atoms with Gasteiger partial charge in [0.1, 0.15) is 10.9 Å². The van der Waals surface area contributed by atoms with Gasteiger partial charge in [0.25, 0.3) is 0 Å². The molecular weight excluding hydrogens is 232 g/mol. The molecule has 2 rings (SSSR count). The Balaban J connectivity index is 2.37. The van der Waals surface area contributed by atoms with Crippen molar-refractivity contribution in [2.45, 2.75) is 16.8 Å². The molecule has 86 valence electrons. The first kappa shape index (κ1) is 11.6. The molecule has 3 N–H and O–H groups in total. The number of nitrogen functional groups attached to an aromatic ring is 1. The highest BCUT2D eigenvalue weighted by Gasteiger charge is 2.08. The van der Waals surface area contributed by atoms with Crippen molar-refractivity contribution in [3.63, 3.8) is 0 Å². The number of rotatable bonds is 3. The van der Waals surface area contributed by atoms with Gasteiger partial charge in [-0.3, -0.25) is 10.4 Å². The summed E-state index contributed by atoms with van der Waals surface area (Å²) in [6.45, 7) is 1.92. The van der Waals surface area contributed by atoms with Crippen molar-refractivity contribution in [1.82, 2.24) is 9.97 Å². The zero-order chi connectivity index (χ0) is 12.3. The molecule has 0 atom stereocenters. The van der Waals surface area contributed by atoms with Crippen LogP contribution in [0.1, 0.15) is 11.3 Å². The van der Waals surface area contributed by atoms with Gasteiger partial charge in [-0.1, -0.05) is 11.8 Å². The van der Waals surface area contributed by atoms with Crippen LogP contribution in [0, 0.1) is 12.3 Å². The number of aromatic nitrogens is 2. The number of nitrogens with zero attached hydrogens (tertiary/aromatic N) is 2. The van der Waals surface area contributed by atoms with Gasteiger partial charge < -0.3 is 5.73 Å². The molecule has 2 aromatic heterocycles. The van der Waals surface area contributed by atoms with E-state index in [1.165, 1.54) is 11.8 Å². The number of nitrogens with one attached hydrogen (secondary N) is 1. The van der Waals surface area contributed by atoms with E-state index in [2.05, 4.69) is 9.97 Å². The van der Waals surface area contributed by atoms with Gasteiger partial charge in [0.2, 0.25) is 0 Å². The Morgan fingerprint density at radius 1 is 1.24 bits per heavy atom. The summed E-state index contributed by atoms with van der Waals surface area (Å²) in [5.41, 5.74) is 7.11. The molecule has 0 bridgehead atoms. The van der Waals surface area contributed by atoms with Crippen LogP contribution in [0.3, 0.4) is 0 Å². The average Bonchev–Trinajstić information content (AvgIpc) is 2.30. The normalized spacial score (nSPS) is 10.2. The molecule has 0 amide bonds. The Morgan fingerprint density at radius 2 is 1.94 bits per heavy atom. The minimum absolute atomic E-state index is 0.0362. The van der Waals surface area contributed by atoms with Crippen LogP contribution in [0.15, 0.2) is 46.6 Å². The predicted molar refractivity (Wildman–Crippen MR) is 68.4 cm³/mol. The lowest BCUT2D eigenvalue weighted by atomic mass is 10.2. The van der Waals surface area contributed by atoms with Crippen molar-refractivity contribution >= 4 is 17.6 Å². The summed E-state index contributed by atoms with van der Waals surface area (Å²) in [6.07, 6.45) is 3.46. The standard InChI is InChI=1S/C12H12N4S/c1-8-2-3-10(11(13)14)12(16-8)17-9-4-6-15-7-5-9/h2-7H,1H3,(H3,13,14). The van der Waals surface area contributed by atoms with Gasteiger partial charge in [-0.25, -0.2) is 4.98 Å². The Bertz CT molecular complexity index is 539. The van der Waals surface area contributed by atoms with Crippen molar-refractivity contribution in [3.8, 4) is 0 Å². The van der Waals surface area contributed by atoms with Crippen molar-refractivity contribution in [3.05, 3.63) is 47.9 Å². The molecule has 5 heteroatoms. The summed E-state index contributed by atoms with van der Waals surface area (Å²) in [5.74, 6) is 0.0362. The Labute approximate surface area is 104 Å². The molecule has 2 aromatic rings. The molecule has 0 aromatic carbocycles. The smallest absolute Gasteiger partial charge is 0.125 e. The Hall–Kier alpha value is -1.88. The molecule has 0 radical (unpaired) electrons. The molecule has 0 spiro atoms. The minimum Gasteiger partial charge on any atom is -0.384 e. The molecule has 4 nitrogen and oxygen atoms in total. The van der Waals surface area contributed by atoms with E-state index < -0.39 is 0 Å². The monoisotopic (exact) mass is 244 g/mol. The van der Waals surface area contributed by atoms with Crippen molar-refractivity contribution < 1.29 is 0 Å². The van der Waals surface area contributed by atoms with Crippen LogP contribution in [-0.4, -0.2) is 15.8 Å². The molecule has 0 aliphatic rings. The summed E-state index contributed by atoms with van der Waals surface area (Å²) < 4.78 is 0. The lowest BCUT2D eigenvalue weighted by molar-refractivity contribution is 1.05. The van der Waals surface area contributed by atoms with Gasteiger partial charge in [-0.2, -0.15) is 0 Å². The maximum atomic E-state index is 7.52. The quantitative estimate of drug-likeness (QED) is 0.641. The van der Waals surface area contributed by atoms with Crippen LogP contribution >= 0.6 is 11.8 Å². The number of pyridine rings is 2. The Kier molecular flexibility index (Phi) is 3.39. The second kappa shape index (κ2) is 4.97. The largest absolute Gasteiger partial charge is 0.384 e. The molecule has 0 unspecified atom stereocenters. The maximum absolute atomic E-state index is 7.52. The van der Waals surface area contributed by atoms with E-state index in [4.69, 9.17) is 11.1 Å². The predicted octanol–water partition coefficient (Wildman–Crippen LogP) is 2.22. The van der Waals surface area contributed by atoms with E-state index in [0.717, 1.165) is 15.6 Å². The highest BCUT2D eigenvalue weighted by molar-refractivity contribution is 7.99. The lowest BCUT2D eigenvalue weighted by Crippen LogP contribution is -2.13. The highest BCUT2D eigenvalue weighted by Crippen LogP contribution is 2.28. The number of aryl methyl sites for hydroxylation is 1. The van der Waals surface area contributed by atoms with E-state index in [1.807, 2.05) is 31.2 Å². The van der Waals surface area contributed by atoms with Crippen LogP contribution in [0.2, 0.25) is 0 Å². The van der Waals surface area contributed by atoms with Crippen LogP contribution < -0.4 is 5.73 Å². The van der Waals surface area contributed by atoms with E-state index in [0.29, 0.717) is 5.56 Å². The molecule has 0 aliphatic carbocycles. The number of amidine groups is 1. The van der Waals surface area contributed by atoms with E-state index in [9.17, 15) is 0 Å². The van der Waals surface area contributed by atoms with Crippen molar-refractivity contribution in [2.24, 2.45) is 5.73 Å². The second-order valence-electron chi connectivity index (χ2n) is 3.50. The summed E-state index contributed by atoms with van der Waals surface area (Å²) in [6, 6.07) is 7.48. The van der Waals surface area contributed by atoms with Gasteiger partial charge in [-0.05, 0) is 31.2 Å². The summed E-state index contributed by atoms with van der Waals surface area (Å²) in [5, 5.41) is 8.28. The average molecular weight is 244 g/mol. The molecule has 0 fully saturated rings. The molecule has 2 heterocycles. The summed E-state index contributed by atoms with van der Waals surface area (Å²) >= 11 is 1.48. The molecule has 0 saturated heterocycles. The topological polar surface area (TPSA) is 75.7 Å². The first-order chi connectivity index (χ1) is 8.16. The van der Waals surface area contributed by atoms with Gasteiger partial charge in [0, 0.05) is 28.5 Å². The zero-order valence-electron chi connectivity index (χ0n) is 9.34. The third kappa shape index (κ3) is 2.82. The molecule has 17 heavy (non-hydrogen) atoms. The van der Waals surface area contributed by atoms with Crippen molar-refractivity contribution in [2.75, 3.05) is 0 Å². The number of hydrogen-bond acceptors (Lipinski definition) is 4. The fourth-order valence-electron chi connectivity index (χ4n) is 1.33. The Morgan fingerprint density at radius 3 is 2.59 bits per heavy atom. The SMILES string of the molecule is Cc1ccc(C(=N)N)c(Sc2ccncc2)n1. The lowest BCUT2D eigenvalue weighted by Gasteiger charge is -2.07. The van der Waals surface area contributed by atoms with Gasteiger partial charge in [-0.15, -0.1) is 0 Å². The second-order valence-corrected chi connectivity index (χ2v) is 4.57. The highest BCUT2D eigenvalue weighted by atomic mass is 32.2. The van der Waals surface area contributed by atoms with Crippen LogP contribution in [0.25, 0.3) is 0 Å². The maximum Gasteiger partial charge on any atom is 0.125 e. The number of nitrogens with two attached hydrogens (primary N) is 1. The first-order valence-corrected chi connectivity index (χ1v) is 5.88. The number of hydrogen-bond donors (Lipinski definition) is 2. The third-order valence-electron chi connectivity index (χ3n) is 2.15. The first-order valence-electron chi connectivity index (χ1n) is 5.07. The van der Waals surface area contributed by atoms with Crippen LogP contribution in [-0.2, 0) is 0 Å². The molecule has 0 saturated carbocycles. The third-order valence-corrected chi connectivity index (χ3v) is 3.17. The van der Waals surface area contributed by atoms with E-state index in [-0.39, 0.29) is 5.84 Å². The summed E-state index contributed by atoms with van der Waals surface area (Å²) in [4.78, 5) is 9.40. The molecule has 0 aliphatic heterocycles. The van der Waals surface area contributed by atoms with E-state index >= 15 is 0 Å². The van der Waals surface area contributed by atoms with Gasteiger partial charge in [0.15, 0.2) is 0 Å².